The molecule has 5 nitrogen and oxygen atoms in total. The fraction of sp³-hybridized carbons (Fsp3) is 0.300. The molecule has 0 aliphatic carbocycles. The highest BCUT2D eigenvalue weighted by atomic mass is 79.9. The Balaban J connectivity index is 2.33. The second-order valence-electron chi connectivity index (χ2n) is 3.84. The van der Waals surface area contributed by atoms with Crippen LogP contribution in [-0.4, -0.2) is 20.0 Å². The molecule has 1 atom stereocenters. The zero-order chi connectivity index (χ0) is 14.2. The van der Waals surface area contributed by atoms with Crippen LogP contribution in [0.2, 0.25) is 0 Å². The highest BCUT2D eigenvalue weighted by molar-refractivity contribution is 9.10. The van der Waals surface area contributed by atoms with E-state index < -0.39 is 17.8 Å². The van der Waals surface area contributed by atoms with Gasteiger partial charge in [0, 0.05) is 13.2 Å². The van der Waals surface area contributed by atoms with Crippen molar-refractivity contribution >= 4 is 15.9 Å². The number of nitrogens with two attached hydrogens (primary N) is 1. The number of pyridine rings is 1. The van der Waals surface area contributed by atoms with Gasteiger partial charge in [0.2, 0.25) is 0 Å². The van der Waals surface area contributed by atoms with E-state index in [0.29, 0.717) is 16.0 Å². The van der Waals surface area contributed by atoms with Gasteiger partial charge in [-0.3, -0.25) is 4.98 Å². The highest BCUT2D eigenvalue weighted by Gasteiger charge is 2.31. The van der Waals surface area contributed by atoms with E-state index in [1.165, 1.54) is 10.7 Å². The summed E-state index contributed by atoms with van der Waals surface area (Å²) in [6, 6.07) is 1.48. The van der Waals surface area contributed by atoms with E-state index in [0.717, 1.165) is 12.3 Å². The van der Waals surface area contributed by atoms with Gasteiger partial charge in [0.15, 0.2) is 4.60 Å². The third-order valence-corrected chi connectivity index (χ3v) is 3.12. The maximum Gasteiger partial charge on any atom is 0.417 e. The Kier molecular flexibility index (Phi) is 3.59. The second-order valence-corrected chi connectivity index (χ2v) is 4.59. The quantitative estimate of drug-likeness (QED) is 0.911. The molecule has 0 bridgehead atoms. The molecule has 19 heavy (non-hydrogen) atoms. The number of hydrogen-bond acceptors (Lipinski definition) is 4. The lowest BCUT2D eigenvalue weighted by molar-refractivity contribution is -0.137. The van der Waals surface area contributed by atoms with Gasteiger partial charge in [0.25, 0.3) is 0 Å². The molecule has 2 aromatic rings. The summed E-state index contributed by atoms with van der Waals surface area (Å²) in [4.78, 5) is 3.75. The van der Waals surface area contributed by atoms with Crippen molar-refractivity contribution in [3.8, 4) is 0 Å². The molecule has 2 rings (SSSR count). The van der Waals surface area contributed by atoms with Crippen molar-refractivity contribution in [3.63, 3.8) is 0 Å². The molecule has 0 fully saturated rings. The summed E-state index contributed by atoms with van der Waals surface area (Å²) in [7, 11) is 1.64. The zero-order valence-corrected chi connectivity index (χ0v) is 11.3. The van der Waals surface area contributed by atoms with Crippen LogP contribution in [0.5, 0.6) is 0 Å². The summed E-state index contributed by atoms with van der Waals surface area (Å²) < 4.78 is 39.1. The van der Waals surface area contributed by atoms with E-state index in [9.17, 15) is 13.2 Å². The van der Waals surface area contributed by atoms with Crippen molar-refractivity contribution in [1.29, 1.82) is 0 Å². The summed E-state index contributed by atoms with van der Waals surface area (Å²) in [6.45, 7) is 0. The van der Waals surface area contributed by atoms with Gasteiger partial charge in [0.1, 0.15) is 0 Å². The first kappa shape index (κ1) is 13.9. The molecule has 0 saturated carbocycles. The molecule has 2 heterocycles. The first-order valence-electron chi connectivity index (χ1n) is 5.14. The smallest absolute Gasteiger partial charge is 0.318 e. The molecule has 1 unspecified atom stereocenters. The van der Waals surface area contributed by atoms with Crippen molar-refractivity contribution < 1.29 is 13.2 Å². The van der Waals surface area contributed by atoms with Crippen LogP contribution < -0.4 is 5.73 Å². The van der Waals surface area contributed by atoms with Crippen molar-refractivity contribution in [3.05, 3.63) is 39.9 Å². The molecule has 9 heteroatoms. The number of aryl methyl sites for hydroxylation is 1. The lowest BCUT2D eigenvalue weighted by atomic mass is 10.1. The Morgan fingerprint density at radius 1 is 1.37 bits per heavy atom. The number of nitrogens with zero attached hydrogens (tertiary/aromatic N) is 4. The molecule has 0 aromatic carbocycles. The van der Waals surface area contributed by atoms with Crippen molar-refractivity contribution in [2.45, 2.75) is 12.2 Å². The molecule has 0 aliphatic rings. The van der Waals surface area contributed by atoms with Gasteiger partial charge >= 0.3 is 6.18 Å². The van der Waals surface area contributed by atoms with Gasteiger partial charge < -0.3 is 5.73 Å². The van der Waals surface area contributed by atoms with Crippen LogP contribution in [0.3, 0.4) is 0 Å². The standard InChI is InChI=1S/C10H9BrF3N5/c1-19-8(9(11)17-18-19)7(15)6-3-2-5(4-16-6)10(12,13)14/h2-4,7H,15H2,1H3. The maximum absolute atomic E-state index is 12.4. The van der Waals surface area contributed by atoms with Crippen LogP contribution in [0.25, 0.3) is 0 Å². The summed E-state index contributed by atoms with van der Waals surface area (Å²) >= 11 is 3.18. The van der Waals surface area contributed by atoms with Crippen LogP contribution in [-0.2, 0) is 13.2 Å². The van der Waals surface area contributed by atoms with E-state index in [1.807, 2.05) is 0 Å². The van der Waals surface area contributed by atoms with E-state index in [2.05, 4.69) is 31.2 Å². The van der Waals surface area contributed by atoms with E-state index in [1.54, 1.807) is 7.05 Å². The fourth-order valence-electron chi connectivity index (χ4n) is 1.57. The van der Waals surface area contributed by atoms with Gasteiger partial charge in [0.05, 0.1) is 23.0 Å². The fourth-order valence-corrected chi connectivity index (χ4v) is 2.14. The van der Waals surface area contributed by atoms with Gasteiger partial charge in [-0.05, 0) is 28.1 Å². The van der Waals surface area contributed by atoms with Crippen LogP contribution in [0, 0.1) is 0 Å². The molecule has 2 N–H and O–H groups in total. The molecule has 0 radical (unpaired) electrons. The van der Waals surface area contributed by atoms with Gasteiger partial charge in [-0.25, -0.2) is 4.68 Å². The number of rotatable bonds is 2. The van der Waals surface area contributed by atoms with Crippen molar-refractivity contribution in [2.75, 3.05) is 0 Å². The molecular weight excluding hydrogens is 327 g/mol. The lowest BCUT2D eigenvalue weighted by Crippen LogP contribution is -2.18. The minimum Gasteiger partial charge on any atom is -0.318 e. The molecule has 0 spiro atoms. The third kappa shape index (κ3) is 2.76. The molecule has 102 valence electrons. The summed E-state index contributed by atoms with van der Waals surface area (Å²) in [5.74, 6) is 0. The predicted octanol–water partition coefficient (Wildman–Crippen LogP) is 2.04. The van der Waals surface area contributed by atoms with Gasteiger partial charge in [-0.15, -0.1) is 5.10 Å². The Labute approximate surface area is 114 Å². The number of halogens is 4. The summed E-state index contributed by atoms with van der Waals surface area (Å²) in [5, 5.41) is 7.51. The first-order valence-corrected chi connectivity index (χ1v) is 5.94. The van der Waals surface area contributed by atoms with Crippen LogP contribution >= 0.6 is 15.9 Å². The number of alkyl halides is 3. The van der Waals surface area contributed by atoms with Gasteiger partial charge in [-0.2, -0.15) is 13.2 Å². The topological polar surface area (TPSA) is 69.6 Å². The molecular formula is C10H9BrF3N5. The van der Waals surface area contributed by atoms with E-state index in [-0.39, 0.29) is 0 Å². The second kappa shape index (κ2) is 4.89. The third-order valence-electron chi connectivity index (χ3n) is 2.55. The van der Waals surface area contributed by atoms with Crippen molar-refractivity contribution in [2.24, 2.45) is 12.8 Å². The summed E-state index contributed by atoms with van der Waals surface area (Å²) in [5.41, 5.74) is 5.97. The number of hydrogen-bond donors (Lipinski definition) is 1. The van der Waals surface area contributed by atoms with E-state index in [4.69, 9.17) is 5.73 Å². The number of aromatic nitrogens is 4. The molecule has 2 aromatic heterocycles. The Hall–Kier alpha value is -1.48. The average molecular weight is 336 g/mol. The minimum atomic E-state index is -4.41. The van der Waals surface area contributed by atoms with Crippen LogP contribution in [0.1, 0.15) is 23.0 Å². The SMILES string of the molecule is Cn1nnc(Br)c1C(N)c1ccc(C(F)(F)F)cn1. The predicted molar refractivity (Wildman–Crippen MR) is 64.0 cm³/mol. The van der Waals surface area contributed by atoms with Crippen LogP contribution in [0.4, 0.5) is 13.2 Å². The molecule has 0 amide bonds. The largest absolute Gasteiger partial charge is 0.417 e. The highest BCUT2D eigenvalue weighted by Crippen LogP contribution is 2.30. The minimum absolute atomic E-state index is 0.305. The van der Waals surface area contributed by atoms with Crippen LogP contribution in [0.15, 0.2) is 22.9 Å². The van der Waals surface area contributed by atoms with Gasteiger partial charge in [-0.1, -0.05) is 5.21 Å². The Morgan fingerprint density at radius 3 is 2.47 bits per heavy atom. The summed E-state index contributed by atoms with van der Waals surface area (Å²) in [6.07, 6.45) is -3.66. The maximum atomic E-state index is 12.4. The first-order chi connectivity index (χ1) is 8.80. The Morgan fingerprint density at radius 2 is 2.05 bits per heavy atom. The average Bonchev–Trinajstić information content (AvgIpc) is 2.67. The van der Waals surface area contributed by atoms with E-state index >= 15 is 0 Å². The zero-order valence-electron chi connectivity index (χ0n) is 9.69. The lowest BCUT2D eigenvalue weighted by Gasteiger charge is -2.12. The molecule has 0 saturated heterocycles. The monoisotopic (exact) mass is 335 g/mol. The molecule has 0 aliphatic heterocycles. The Bertz CT molecular complexity index is 558. The van der Waals surface area contributed by atoms with Crippen molar-refractivity contribution in [1.82, 2.24) is 20.0 Å². The normalized spacial score (nSPS) is 13.6.